The number of hydrogen-bond acceptors (Lipinski definition) is 3. The summed E-state index contributed by atoms with van der Waals surface area (Å²) < 4.78 is 13.4. The highest BCUT2D eigenvalue weighted by Gasteiger charge is 2.21. The standard InChI is InChI=1S/C23H27NO3/c1-5-26-23(25)22-17(4)24(14-18-9-7-6-8-10-18)21-12-11-19(13-20(21)22)27-15-16(2)3/h6-13,16H,5,14-15H2,1-4H3. The molecule has 27 heavy (non-hydrogen) atoms. The first-order valence-electron chi connectivity index (χ1n) is 9.48. The summed E-state index contributed by atoms with van der Waals surface area (Å²) in [5.74, 6) is 0.932. The summed E-state index contributed by atoms with van der Waals surface area (Å²) in [7, 11) is 0. The van der Waals surface area contributed by atoms with Crippen molar-refractivity contribution in [1.29, 1.82) is 0 Å². The minimum absolute atomic E-state index is 0.284. The van der Waals surface area contributed by atoms with Gasteiger partial charge in [-0.1, -0.05) is 44.2 Å². The summed E-state index contributed by atoms with van der Waals surface area (Å²) in [5, 5.41) is 0.878. The number of esters is 1. The Labute approximate surface area is 160 Å². The van der Waals surface area contributed by atoms with Crippen molar-refractivity contribution in [1.82, 2.24) is 4.57 Å². The number of carbonyl (C=O) groups is 1. The Balaban J connectivity index is 2.09. The second-order valence-electron chi connectivity index (χ2n) is 7.14. The maximum atomic E-state index is 12.6. The third-order valence-corrected chi connectivity index (χ3v) is 4.54. The Morgan fingerprint density at radius 2 is 1.85 bits per heavy atom. The first-order chi connectivity index (χ1) is 13.0. The molecular weight excluding hydrogens is 338 g/mol. The molecule has 0 unspecified atom stereocenters. The first kappa shape index (κ1) is 19.0. The van der Waals surface area contributed by atoms with Gasteiger partial charge < -0.3 is 14.0 Å². The molecule has 4 heteroatoms. The van der Waals surface area contributed by atoms with E-state index in [0.29, 0.717) is 31.2 Å². The zero-order chi connectivity index (χ0) is 19.4. The number of rotatable bonds is 7. The molecule has 0 fully saturated rings. The summed E-state index contributed by atoms with van der Waals surface area (Å²) >= 11 is 0. The van der Waals surface area contributed by atoms with Crippen LogP contribution in [0.4, 0.5) is 0 Å². The highest BCUT2D eigenvalue weighted by atomic mass is 16.5. The van der Waals surface area contributed by atoms with E-state index in [0.717, 1.165) is 22.3 Å². The van der Waals surface area contributed by atoms with Crippen molar-refractivity contribution in [2.45, 2.75) is 34.2 Å². The molecule has 3 aromatic rings. The van der Waals surface area contributed by atoms with Gasteiger partial charge >= 0.3 is 5.97 Å². The van der Waals surface area contributed by atoms with E-state index >= 15 is 0 Å². The van der Waals surface area contributed by atoms with Gasteiger partial charge in [0.15, 0.2) is 0 Å². The molecule has 0 aliphatic rings. The smallest absolute Gasteiger partial charge is 0.340 e. The van der Waals surface area contributed by atoms with E-state index in [9.17, 15) is 4.79 Å². The minimum Gasteiger partial charge on any atom is -0.493 e. The van der Waals surface area contributed by atoms with Gasteiger partial charge in [0.25, 0.3) is 0 Å². The van der Waals surface area contributed by atoms with Crippen LogP contribution in [0.2, 0.25) is 0 Å². The van der Waals surface area contributed by atoms with E-state index in [4.69, 9.17) is 9.47 Å². The first-order valence-corrected chi connectivity index (χ1v) is 9.48. The molecule has 2 aromatic carbocycles. The van der Waals surface area contributed by atoms with Gasteiger partial charge in [0, 0.05) is 23.1 Å². The van der Waals surface area contributed by atoms with Crippen molar-refractivity contribution >= 4 is 16.9 Å². The molecule has 0 aliphatic heterocycles. The maximum absolute atomic E-state index is 12.6. The summed E-state index contributed by atoms with van der Waals surface area (Å²) in [6.45, 7) is 9.73. The number of benzene rings is 2. The Morgan fingerprint density at radius 1 is 1.11 bits per heavy atom. The topological polar surface area (TPSA) is 40.5 Å². The highest BCUT2D eigenvalue weighted by molar-refractivity contribution is 6.06. The highest BCUT2D eigenvalue weighted by Crippen LogP contribution is 2.31. The number of ether oxygens (including phenoxy) is 2. The van der Waals surface area contributed by atoms with Crippen molar-refractivity contribution in [2.75, 3.05) is 13.2 Å². The number of hydrogen-bond donors (Lipinski definition) is 0. The molecule has 0 aliphatic carbocycles. The lowest BCUT2D eigenvalue weighted by Gasteiger charge is -2.10. The zero-order valence-corrected chi connectivity index (χ0v) is 16.5. The lowest BCUT2D eigenvalue weighted by Crippen LogP contribution is -2.08. The summed E-state index contributed by atoms with van der Waals surface area (Å²) in [6, 6.07) is 16.2. The molecule has 1 aromatic heterocycles. The van der Waals surface area contributed by atoms with Crippen LogP contribution in [0, 0.1) is 12.8 Å². The largest absolute Gasteiger partial charge is 0.493 e. The molecule has 0 saturated carbocycles. The SMILES string of the molecule is CCOC(=O)c1c(C)n(Cc2ccccc2)c2ccc(OCC(C)C)cc12. The molecule has 3 rings (SSSR count). The molecule has 4 nitrogen and oxygen atoms in total. The molecule has 0 spiro atoms. The van der Waals surface area contributed by atoms with E-state index in [1.165, 1.54) is 5.56 Å². The van der Waals surface area contributed by atoms with Crippen LogP contribution in [0.25, 0.3) is 10.9 Å². The maximum Gasteiger partial charge on any atom is 0.340 e. The van der Waals surface area contributed by atoms with Crippen LogP contribution >= 0.6 is 0 Å². The van der Waals surface area contributed by atoms with Crippen molar-refractivity contribution in [3.05, 3.63) is 65.4 Å². The van der Waals surface area contributed by atoms with E-state index in [2.05, 4.69) is 30.5 Å². The fraction of sp³-hybridized carbons (Fsp3) is 0.348. The van der Waals surface area contributed by atoms with Crippen LogP contribution in [-0.4, -0.2) is 23.8 Å². The van der Waals surface area contributed by atoms with Crippen molar-refractivity contribution < 1.29 is 14.3 Å². The van der Waals surface area contributed by atoms with Gasteiger partial charge in [0.1, 0.15) is 5.75 Å². The van der Waals surface area contributed by atoms with Crippen LogP contribution in [0.1, 0.15) is 42.4 Å². The van der Waals surface area contributed by atoms with Gasteiger partial charge in [0.2, 0.25) is 0 Å². The average molecular weight is 365 g/mol. The number of carbonyl (C=O) groups excluding carboxylic acids is 1. The average Bonchev–Trinajstić information content (AvgIpc) is 2.92. The van der Waals surface area contributed by atoms with Gasteiger partial charge in [0.05, 0.1) is 18.8 Å². The van der Waals surface area contributed by atoms with Crippen molar-refractivity contribution in [3.8, 4) is 5.75 Å². The van der Waals surface area contributed by atoms with Gasteiger partial charge in [-0.15, -0.1) is 0 Å². The number of aromatic nitrogens is 1. The van der Waals surface area contributed by atoms with Gasteiger partial charge in [-0.05, 0) is 43.5 Å². The van der Waals surface area contributed by atoms with Crippen LogP contribution < -0.4 is 4.74 Å². The van der Waals surface area contributed by atoms with Crippen molar-refractivity contribution in [3.63, 3.8) is 0 Å². The molecule has 1 heterocycles. The predicted molar refractivity (Wildman–Crippen MR) is 109 cm³/mol. The van der Waals surface area contributed by atoms with Crippen LogP contribution in [0.5, 0.6) is 5.75 Å². The predicted octanol–water partition coefficient (Wildman–Crippen LogP) is 5.21. The monoisotopic (exact) mass is 365 g/mol. The quantitative estimate of drug-likeness (QED) is 0.540. The van der Waals surface area contributed by atoms with Gasteiger partial charge in [-0.2, -0.15) is 0 Å². The Hall–Kier alpha value is -2.75. The molecule has 0 radical (unpaired) electrons. The third-order valence-electron chi connectivity index (χ3n) is 4.54. The number of fused-ring (bicyclic) bond motifs is 1. The van der Waals surface area contributed by atoms with Crippen LogP contribution in [-0.2, 0) is 11.3 Å². The number of nitrogens with zero attached hydrogens (tertiary/aromatic N) is 1. The van der Waals surface area contributed by atoms with Crippen LogP contribution in [0.15, 0.2) is 48.5 Å². The third kappa shape index (κ3) is 4.16. The Kier molecular flexibility index (Phi) is 5.84. The molecule has 0 bridgehead atoms. The molecule has 0 atom stereocenters. The second-order valence-corrected chi connectivity index (χ2v) is 7.14. The lowest BCUT2D eigenvalue weighted by atomic mass is 10.1. The summed E-state index contributed by atoms with van der Waals surface area (Å²) in [6.07, 6.45) is 0. The van der Waals surface area contributed by atoms with Gasteiger partial charge in [-0.25, -0.2) is 4.79 Å². The fourth-order valence-corrected chi connectivity index (χ4v) is 3.24. The van der Waals surface area contributed by atoms with Gasteiger partial charge in [-0.3, -0.25) is 0 Å². The summed E-state index contributed by atoms with van der Waals surface area (Å²) in [5.41, 5.74) is 3.73. The summed E-state index contributed by atoms with van der Waals surface area (Å²) in [4.78, 5) is 12.6. The van der Waals surface area contributed by atoms with Crippen LogP contribution in [0.3, 0.4) is 0 Å². The van der Waals surface area contributed by atoms with E-state index in [1.54, 1.807) is 0 Å². The zero-order valence-electron chi connectivity index (χ0n) is 16.5. The lowest BCUT2D eigenvalue weighted by molar-refractivity contribution is 0.0527. The van der Waals surface area contributed by atoms with E-state index in [-0.39, 0.29) is 5.97 Å². The molecule has 0 N–H and O–H groups in total. The molecule has 0 amide bonds. The Bertz CT molecular complexity index is 926. The Morgan fingerprint density at radius 3 is 2.52 bits per heavy atom. The molecular formula is C23H27NO3. The second kappa shape index (κ2) is 8.30. The normalized spacial score (nSPS) is 11.1. The van der Waals surface area contributed by atoms with E-state index in [1.807, 2.05) is 50.2 Å². The fourth-order valence-electron chi connectivity index (χ4n) is 3.24. The van der Waals surface area contributed by atoms with Crippen molar-refractivity contribution in [2.24, 2.45) is 5.92 Å². The molecule has 142 valence electrons. The minimum atomic E-state index is -0.284. The molecule has 0 saturated heterocycles. The van der Waals surface area contributed by atoms with E-state index < -0.39 is 0 Å².